The van der Waals surface area contributed by atoms with Crippen LogP contribution < -0.4 is 22.9 Å². The summed E-state index contributed by atoms with van der Waals surface area (Å²) >= 11 is 0. The molecule has 0 atom stereocenters. The van der Waals surface area contributed by atoms with Gasteiger partial charge in [0.15, 0.2) is 0 Å². The maximum absolute atomic E-state index is 5.70. The van der Waals surface area contributed by atoms with Crippen LogP contribution in [-0.4, -0.2) is 0 Å². The van der Waals surface area contributed by atoms with Gasteiger partial charge in [0.1, 0.15) is 0 Å². The predicted octanol–water partition coefficient (Wildman–Crippen LogP) is 0.578. The third kappa shape index (κ3) is 1.11. The van der Waals surface area contributed by atoms with Crippen LogP contribution in [0.1, 0.15) is 12.5 Å². The minimum Gasteiger partial charge on any atom is -0.397 e. The Labute approximate surface area is 71.5 Å². The van der Waals surface area contributed by atoms with Crippen molar-refractivity contribution in [2.75, 3.05) is 22.9 Å². The zero-order valence-electron chi connectivity index (χ0n) is 7.09. The van der Waals surface area contributed by atoms with E-state index in [0.717, 1.165) is 12.0 Å². The molecule has 0 spiro atoms. The molecule has 0 heterocycles. The van der Waals surface area contributed by atoms with Crippen LogP contribution in [0.3, 0.4) is 0 Å². The fourth-order valence-corrected chi connectivity index (χ4v) is 1.20. The van der Waals surface area contributed by atoms with Crippen LogP contribution >= 0.6 is 0 Å². The van der Waals surface area contributed by atoms with Crippen molar-refractivity contribution in [1.82, 2.24) is 0 Å². The molecule has 0 bridgehead atoms. The quantitative estimate of drug-likeness (QED) is 0.458. The standard InChI is InChI=1S/C8H14N4/c1-2-4-7(11)5(9)3-6(10)8(4)12/h3H,2,9-12H2,1H3. The smallest absolute Gasteiger partial charge is 0.0602 e. The van der Waals surface area contributed by atoms with Gasteiger partial charge in [-0.15, -0.1) is 0 Å². The van der Waals surface area contributed by atoms with Crippen molar-refractivity contribution in [3.63, 3.8) is 0 Å². The van der Waals surface area contributed by atoms with Gasteiger partial charge >= 0.3 is 0 Å². The number of anilines is 4. The summed E-state index contributed by atoms with van der Waals surface area (Å²) in [4.78, 5) is 0. The lowest BCUT2D eigenvalue weighted by molar-refractivity contribution is 1.15. The molecule has 0 aromatic heterocycles. The number of hydrogen-bond acceptors (Lipinski definition) is 4. The fraction of sp³-hybridized carbons (Fsp3) is 0.250. The molecule has 12 heavy (non-hydrogen) atoms. The summed E-state index contributed by atoms with van der Waals surface area (Å²) in [6, 6.07) is 1.59. The van der Waals surface area contributed by atoms with Crippen molar-refractivity contribution in [2.45, 2.75) is 13.3 Å². The largest absolute Gasteiger partial charge is 0.397 e. The first-order valence-corrected chi connectivity index (χ1v) is 3.79. The van der Waals surface area contributed by atoms with E-state index in [1.54, 1.807) is 6.07 Å². The Kier molecular flexibility index (Phi) is 1.99. The Bertz CT molecular complexity index is 280. The van der Waals surface area contributed by atoms with E-state index in [2.05, 4.69) is 0 Å². The highest BCUT2D eigenvalue weighted by Crippen LogP contribution is 2.31. The van der Waals surface area contributed by atoms with Crippen molar-refractivity contribution in [2.24, 2.45) is 0 Å². The molecular weight excluding hydrogens is 152 g/mol. The predicted molar refractivity (Wildman–Crippen MR) is 53.5 cm³/mol. The summed E-state index contributed by atoms with van der Waals surface area (Å²) in [6.07, 6.45) is 0.743. The summed E-state index contributed by atoms with van der Waals surface area (Å²) in [5.41, 5.74) is 25.5. The van der Waals surface area contributed by atoms with E-state index in [9.17, 15) is 0 Å². The average Bonchev–Trinajstić information content (AvgIpc) is 2.02. The molecule has 0 aliphatic heterocycles. The third-order valence-electron chi connectivity index (χ3n) is 1.94. The molecule has 1 aromatic carbocycles. The van der Waals surface area contributed by atoms with E-state index in [0.29, 0.717) is 22.7 Å². The molecule has 0 unspecified atom stereocenters. The fourth-order valence-electron chi connectivity index (χ4n) is 1.20. The Balaban J connectivity index is 3.42. The van der Waals surface area contributed by atoms with Gasteiger partial charge in [0.2, 0.25) is 0 Å². The maximum atomic E-state index is 5.70. The minimum atomic E-state index is 0.499. The monoisotopic (exact) mass is 166 g/mol. The van der Waals surface area contributed by atoms with Crippen LogP contribution in [0, 0.1) is 0 Å². The van der Waals surface area contributed by atoms with Gasteiger partial charge in [-0.05, 0) is 12.5 Å². The lowest BCUT2D eigenvalue weighted by atomic mass is 10.1. The number of nitrogens with two attached hydrogens (primary N) is 4. The van der Waals surface area contributed by atoms with Crippen molar-refractivity contribution >= 4 is 22.7 Å². The normalized spacial score (nSPS) is 10.1. The van der Waals surface area contributed by atoms with Gasteiger partial charge in [-0.1, -0.05) is 6.92 Å². The maximum Gasteiger partial charge on any atom is 0.0602 e. The molecule has 0 amide bonds. The first-order chi connectivity index (χ1) is 5.57. The molecule has 4 nitrogen and oxygen atoms in total. The van der Waals surface area contributed by atoms with E-state index >= 15 is 0 Å². The number of hydrogen-bond donors (Lipinski definition) is 4. The second kappa shape index (κ2) is 2.81. The molecule has 0 radical (unpaired) electrons. The molecule has 66 valence electrons. The summed E-state index contributed by atoms with van der Waals surface area (Å²) in [5, 5.41) is 0. The SMILES string of the molecule is CCc1c(N)c(N)cc(N)c1N. The lowest BCUT2D eigenvalue weighted by Gasteiger charge is -2.11. The first kappa shape index (κ1) is 8.52. The van der Waals surface area contributed by atoms with E-state index in [-0.39, 0.29) is 0 Å². The highest BCUT2D eigenvalue weighted by molar-refractivity contribution is 5.83. The molecule has 0 saturated heterocycles. The van der Waals surface area contributed by atoms with Crippen LogP contribution in [0.4, 0.5) is 22.7 Å². The Morgan fingerprint density at radius 3 is 1.75 bits per heavy atom. The second-order valence-corrected chi connectivity index (χ2v) is 2.71. The highest BCUT2D eigenvalue weighted by Gasteiger charge is 2.08. The van der Waals surface area contributed by atoms with Crippen molar-refractivity contribution in [1.29, 1.82) is 0 Å². The molecule has 1 aromatic rings. The van der Waals surface area contributed by atoms with Crippen molar-refractivity contribution in [3.05, 3.63) is 11.6 Å². The van der Waals surface area contributed by atoms with Crippen LogP contribution in [0.2, 0.25) is 0 Å². The molecule has 8 N–H and O–H groups in total. The highest BCUT2D eigenvalue weighted by atomic mass is 14.7. The van der Waals surface area contributed by atoms with Crippen LogP contribution in [0.15, 0.2) is 6.07 Å². The number of nitrogen functional groups attached to an aromatic ring is 4. The molecular formula is C8H14N4. The minimum absolute atomic E-state index is 0.499. The van der Waals surface area contributed by atoms with Crippen molar-refractivity contribution in [3.8, 4) is 0 Å². The lowest BCUT2D eigenvalue weighted by Crippen LogP contribution is -2.06. The molecule has 4 heteroatoms. The zero-order valence-corrected chi connectivity index (χ0v) is 7.09. The Morgan fingerprint density at radius 1 is 1.00 bits per heavy atom. The van der Waals surface area contributed by atoms with E-state index in [4.69, 9.17) is 22.9 Å². The number of benzene rings is 1. The average molecular weight is 166 g/mol. The molecule has 1 rings (SSSR count). The van der Waals surface area contributed by atoms with Gasteiger partial charge in [0, 0.05) is 5.56 Å². The van der Waals surface area contributed by atoms with Gasteiger partial charge in [-0.2, -0.15) is 0 Å². The summed E-state index contributed by atoms with van der Waals surface area (Å²) < 4.78 is 0. The Hall–Kier alpha value is -1.58. The summed E-state index contributed by atoms with van der Waals surface area (Å²) in [5.74, 6) is 0. The first-order valence-electron chi connectivity index (χ1n) is 3.79. The second-order valence-electron chi connectivity index (χ2n) is 2.71. The zero-order chi connectivity index (χ0) is 9.30. The van der Waals surface area contributed by atoms with Crippen molar-refractivity contribution < 1.29 is 0 Å². The summed E-state index contributed by atoms with van der Waals surface area (Å²) in [6.45, 7) is 1.96. The van der Waals surface area contributed by atoms with E-state index in [1.165, 1.54) is 0 Å². The van der Waals surface area contributed by atoms with E-state index in [1.807, 2.05) is 6.92 Å². The van der Waals surface area contributed by atoms with E-state index < -0.39 is 0 Å². The van der Waals surface area contributed by atoms with Gasteiger partial charge < -0.3 is 22.9 Å². The van der Waals surface area contributed by atoms with Gasteiger partial charge in [-0.3, -0.25) is 0 Å². The van der Waals surface area contributed by atoms with Crippen LogP contribution in [-0.2, 0) is 6.42 Å². The molecule has 0 aliphatic rings. The topological polar surface area (TPSA) is 104 Å². The van der Waals surface area contributed by atoms with Gasteiger partial charge in [0.25, 0.3) is 0 Å². The number of rotatable bonds is 1. The van der Waals surface area contributed by atoms with Gasteiger partial charge in [0.05, 0.1) is 22.7 Å². The van der Waals surface area contributed by atoms with Crippen LogP contribution in [0.25, 0.3) is 0 Å². The Morgan fingerprint density at radius 2 is 1.42 bits per heavy atom. The summed E-state index contributed by atoms with van der Waals surface area (Å²) in [7, 11) is 0. The molecule has 0 saturated carbocycles. The molecule has 0 aliphatic carbocycles. The van der Waals surface area contributed by atoms with Gasteiger partial charge in [-0.25, -0.2) is 0 Å². The third-order valence-corrected chi connectivity index (χ3v) is 1.94. The molecule has 0 fully saturated rings. The van der Waals surface area contributed by atoms with Crippen LogP contribution in [0.5, 0.6) is 0 Å².